The molecule has 90 valence electrons. The van der Waals surface area contributed by atoms with Crippen molar-refractivity contribution in [1.82, 2.24) is 4.98 Å². The Labute approximate surface area is 113 Å². The Kier molecular flexibility index (Phi) is 3.67. The fourth-order valence-electron chi connectivity index (χ4n) is 1.78. The van der Waals surface area contributed by atoms with Crippen LogP contribution in [0.1, 0.15) is 19.0 Å². The number of H-pyrrole nitrogens is 1. The molecule has 0 fully saturated rings. The normalized spacial score (nSPS) is 11.1. The van der Waals surface area contributed by atoms with Crippen molar-refractivity contribution < 1.29 is 0 Å². The van der Waals surface area contributed by atoms with E-state index in [0.717, 1.165) is 18.5 Å². The summed E-state index contributed by atoms with van der Waals surface area (Å²) in [4.78, 5) is 15.1. The molecule has 0 saturated carbocycles. The molecule has 2 aromatic rings. The Morgan fingerprint density at radius 1 is 1.18 bits per heavy atom. The summed E-state index contributed by atoms with van der Waals surface area (Å²) < 4.78 is 0. The Morgan fingerprint density at radius 3 is 2.53 bits per heavy atom. The number of rotatable bonds is 2. The van der Waals surface area contributed by atoms with Crippen LogP contribution < -0.4 is 5.43 Å². The van der Waals surface area contributed by atoms with Gasteiger partial charge in [-0.1, -0.05) is 48.1 Å². The van der Waals surface area contributed by atoms with Crippen molar-refractivity contribution >= 4 is 45.7 Å². The molecular weight excluding hydrogens is 280 g/mol. The van der Waals surface area contributed by atoms with Gasteiger partial charge in [-0.15, -0.1) is 0 Å². The smallest absolute Gasteiger partial charge is 0.191 e. The quantitative estimate of drug-likeness (QED) is 0.815. The molecule has 0 radical (unpaired) electrons. The first-order chi connectivity index (χ1) is 8.04. The van der Waals surface area contributed by atoms with E-state index in [9.17, 15) is 4.79 Å². The number of nitrogens with one attached hydrogen (secondary N) is 1. The summed E-state index contributed by atoms with van der Waals surface area (Å²) in [5.41, 5.74) is 1.25. The van der Waals surface area contributed by atoms with Gasteiger partial charge < -0.3 is 4.98 Å². The maximum absolute atomic E-state index is 12.0. The van der Waals surface area contributed by atoms with Crippen LogP contribution in [0.2, 0.25) is 15.1 Å². The van der Waals surface area contributed by atoms with Crippen LogP contribution in [0.4, 0.5) is 0 Å². The Balaban J connectivity index is 2.86. The molecule has 0 aliphatic heterocycles. The minimum atomic E-state index is -0.156. The summed E-state index contributed by atoms with van der Waals surface area (Å²) in [6.45, 7) is 2.04. The van der Waals surface area contributed by atoms with Crippen molar-refractivity contribution in [3.05, 3.63) is 43.1 Å². The maximum Gasteiger partial charge on any atom is 0.191 e. The minimum Gasteiger partial charge on any atom is -0.357 e. The monoisotopic (exact) mass is 289 g/mol. The lowest BCUT2D eigenvalue weighted by Crippen LogP contribution is -2.06. The van der Waals surface area contributed by atoms with Crippen molar-refractivity contribution in [2.24, 2.45) is 0 Å². The molecule has 0 saturated heterocycles. The van der Waals surface area contributed by atoms with E-state index in [4.69, 9.17) is 34.8 Å². The van der Waals surface area contributed by atoms with E-state index < -0.39 is 0 Å². The highest BCUT2D eigenvalue weighted by Gasteiger charge is 2.12. The summed E-state index contributed by atoms with van der Waals surface area (Å²) in [5, 5.41) is 1.29. The molecule has 0 atom stereocenters. The Morgan fingerprint density at radius 2 is 1.88 bits per heavy atom. The summed E-state index contributed by atoms with van der Waals surface area (Å²) in [5.74, 6) is 0. The Hall–Kier alpha value is -0.700. The first-order valence-electron chi connectivity index (χ1n) is 5.24. The zero-order chi connectivity index (χ0) is 12.6. The molecule has 2 nitrogen and oxygen atoms in total. The fraction of sp³-hybridized carbons (Fsp3) is 0.250. The first kappa shape index (κ1) is 12.7. The molecule has 1 aromatic heterocycles. The second-order valence-corrected chi connectivity index (χ2v) is 5.01. The van der Waals surface area contributed by atoms with E-state index in [1.807, 2.05) is 6.92 Å². The molecule has 0 spiro atoms. The topological polar surface area (TPSA) is 32.9 Å². The average Bonchev–Trinajstić information content (AvgIpc) is 2.26. The summed E-state index contributed by atoms with van der Waals surface area (Å²) in [6.07, 6.45) is 1.74. The lowest BCUT2D eigenvalue weighted by molar-refractivity contribution is 0.888. The summed E-state index contributed by atoms with van der Waals surface area (Å²) >= 11 is 18.0. The molecule has 1 aromatic carbocycles. The molecule has 2 rings (SSSR count). The lowest BCUT2D eigenvalue weighted by Gasteiger charge is -2.07. The minimum absolute atomic E-state index is 0.156. The van der Waals surface area contributed by atoms with Gasteiger partial charge in [0.25, 0.3) is 0 Å². The van der Waals surface area contributed by atoms with Crippen LogP contribution >= 0.6 is 34.8 Å². The zero-order valence-electron chi connectivity index (χ0n) is 9.11. The van der Waals surface area contributed by atoms with Crippen LogP contribution in [-0.2, 0) is 6.42 Å². The molecule has 0 amide bonds. The van der Waals surface area contributed by atoms with Gasteiger partial charge in [0.15, 0.2) is 5.43 Å². The predicted octanol–water partition coefficient (Wildman–Crippen LogP) is 4.44. The molecule has 17 heavy (non-hydrogen) atoms. The molecular formula is C12H10Cl3NO. The van der Waals surface area contributed by atoms with Crippen molar-refractivity contribution in [2.75, 3.05) is 0 Å². The number of aryl methyl sites for hydroxylation is 1. The van der Waals surface area contributed by atoms with Crippen molar-refractivity contribution in [3.63, 3.8) is 0 Å². The molecule has 0 aliphatic carbocycles. The third-order valence-corrected chi connectivity index (χ3v) is 3.61. The average molecular weight is 291 g/mol. The van der Waals surface area contributed by atoms with E-state index in [-0.39, 0.29) is 15.5 Å². The second kappa shape index (κ2) is 4.89. The van der Waals surface area contributed by atoms with Crippen LogP contribution in [0.3, 0.4) is 0 Å². The van der Waals surface area contributed by atoms with Gasteiger partial charge in [-0.2, -0.15) is 0 Å². The van der Waals surface area contributed by atoms with Crippen molar-refractivity contribution in [2.45, 2.75) is 19.8 Å². The number of pyridine rings is 1. The lowest BCUT2D eigenvalue weighted by atomic mass is 10.1. The van der Waals surface area contributed by atoms with Crippen molar-refractivity contribution in [3.8, 4) is 0 Å². The molecule has 5 heteroatoms. The number of aromatic nitrogens is 1. The zero-order valence-corrected chi connectivity index (χ0v) is 11.4. The number of halogens is 3. The SMILES string of the molecule is CCCc1cc(=O)c2c(Cl)c(Cl)cc(Cl)c2[nH]1. The first-order valence-corrected chi connectivity index (χ1v) is 6.37. The van der Waals surface area contributed by atoms with Crippen LogP contribution in [0.25, 0.3) is 10.9 Å². The highest BCUT2D eigenvalue weighted by atomic mass is 35.5. The largest absolute Gasteiger partial charge is 0.357 e. The van der Waals surface area contributed by atoms with E-state index >= 15 is 0 Å². The standard InChI is InChI=1S/C12H10Cl3NO/c1-2-3-6-4-9(17)10-11(15)7(13)5-8(14)12(10)16-6/h4-5H,2-3H2,1H3,(H,16,17). The van der Waals surface area contributed by atoms with Gasteiger partial charge in [0.2, 0.25) is 0 Å². The van der Waals surface area contributed by atoms with E-state index in [2.05, 4.69) is 4.98 Å². The van der Waals surface area contributed by atoms with Crippen molar-refractivity contribution in [1.29, 1.82) is 0 Å². The molecule has 0 aliphatic rings. The molecule has 0 unspecified atom stereocenters. The maximum atomic E-state index is 12.0. The van der Waals surface area contributed by atoms with E-state index in [1.165, 1.54) is 0 Å². The van der Waals surface area contributed by atoms with Crippen LogP contribution in [-0.4, -0.2) is 4.98 Å². The van der Waals surface area contributed by atoms with Gasteiger partial charge in [0.1, 0.15) is 0 Å². The predicted molar refractivity (Wildman–Crippen MR) is 73.6 cm³/mol. The van der Waals surface area contributed by atoms with Gasteiger partial charge in [-0.25, -0.2) is 0 Å². The van der Waals surface area contributed by atoms with E-state index in [1.54, 1.807) is 12.1 Å². The summed E-state index contributed by atoms with van der Waals surface area (Å²) in [6, 6.07) is 3.09. The molecule has 1 N–H and O–H groups in total. The van der Waals surface area contributed by atoms with Crippen LogP contribution in [0.5, 0.6) is 0 Å². The third kappa shape index (κ3) is 2.30. The highest BCUT2D eigenvalue weighted by molar-refractivity contribution is 6.47. The fourth-order valence-corrected chi connectivity index (χ4v) is 2.53. The Bertz CT molecular complexity index is 634. The van der Waals surface area contributed by atoms with Crippen LogP contribution in [0, 0.1) is 0 Å². The molecule has 1 heterocycles. The van der Waals surface area contributed by atoms with E-state index in [0.29, 0.717) is 15.9 Å². The van der Waals surface area contributed by atoms with Gasteiger partial charge in [-0.3, -0.25) is 4.79 Å². The summed E-state index contributed by atoms with van der Waals surface area (Å²) in [7, 11) is 0. The van der Waals surface area contributed by atoms with Gasteiger partial charge in [0, 0.05) is 11.8 Å². The number of aromatic amines is 1. The second-order valence-electron chi connectivity index (χ2n) is 3.81. The molecule has 0 bridgehead atoms. The van der Waals surface area contributed by atoms with Gasteiger partial charge in [-0.05, 0) is 12.5 Å². The van der Waals surface area contributed by atoms with Gasteiger partial charge >= 0.3 is 0 Å². The number of hydrogen-bond donors (Lipinski definition) is 1. The highest BCUT2D eigenvalue weighted by Crippen LogP contribution is 2.33. The van der Waals surface area contributed by atoms with Crippen LogP contribution in [0.15, 0.2) is 16.9 Å². The third-order valence-electron chi connectivity index (χ3n) is 2.53. The number of fused-ring (bicyclic) bond motifs is 1. The number of hydrogen-bond acceptors (Lipinski definition) is 1. The number of benzene rings is 1. The van der Waals surface area contributed by atoms with Gasteiger partial charge in [0.05, 0.1) is 26.0 Å².